The van der Waals surface area contributed by atoms with Gasteiger partial charge >= 0.3 is 0 Å². The van der Waals surface area contributed by atoms with Crippen LogP contribution in [0, 0.1) is 0 Å². The van der Waals surface area contributed by atoms with Crippen LogP contribution in [0.4, 0.5) is 0 Å². The number of pyridine rings is 1. The van der Waals surface area contributed by atoms with E-state index in [2.05, 4.69) is 10.3 Å². The van der Waals surface area contributed by atoms with E-state index >= 15 is 0 Å². The number of likely N-dealkylation sites (N-methyl/N-ethyl adjacent to an activating group) is 1. The summed E-state index contributed by atoms with van der Waals surface area (Å²) in [6.07, 6.45) is 2.06. The van der Waals surface area contributed by atoms with Crippen molar-refractivity contribution in [2.45, 2.75) is 18.8 Å². The van der Waals surface area contributed by atoms with Crippen molar-refractivity contribution in [3.63, 3.8) is 0 Å². The number of aliphatic hydroxyl groups is 1. The average Bonchev–Trinajstić information content (AvgIpc) is 2.54. The van der Waals surface area contributed by atoms with Gasteiger partial charge in [0.1, 0.15) is 5.41 Å². The normalized spacial score (nSPS) is 13.4. The molecule has 1 aromatic heterocycles. The molecule has 0 aliphatic heterocycles. The van der Waals surface area contributed by atoms with Gasteiger partial charge in [0.25, 0.3) is 0 Å². The van der Waals surface area contributed by atoms with Crippen molar-refractivity contribution in [3.8, 4) is 0 Å². The summed E-state index contributed by atoms with van der Waals surface area (Å²) in [7, 11) is 0. The van der Waals surface area contributed by atoms with Gasteiger partial charge in [0.2, 0.25) is 5.91 Å². The molecule has 2 rings (SSSR count). The second-order valence-electron chi connectivity index (χ2n) is 4.96. The van der Waals surface area contributed by atoms with Gasteiger partial charge in [-0.15, -0.1) is 0 Å². The third-order valence-electron chi connectivity index (χ3n) is 3.58. The largest absolute Gasteiger partial charge is 0.395 e. The maximum atomic E-state index is 12.6. The first-order valence-corrected chi connectivity index (χ1v) is 7.07. The van der Waals surface area contributed by atoms with E-state index in [1.54, 1.807) is 6.20 Å². The van der Waals surface area contributed by atoms with Gasteiger partial charge in [0, 0.05) is 24.9 Å². The number of amides is 1. The summed E-state index contributed by atoms with van der Waals surface area (Å²) in [6, 6.07) is 15.0. The molecule has 0 spiro atoms. The van der Waals surface area contributed by atoms with Crippen LogP contribution in [0.5, 0.6) is 0 Å². The van der Waals surface area contributed by atoms with E-state index in [0.29, 0.717) is 13.0 Å². The number of nitrogens with zero attached hydrogens (tertiary/aromatic N) is 1. The molecule has 21 heavy (non-hydrogen) atoms. The smallest absolute Gasteiger partial charge is 0.233 e. The third-order valence-corrected chi connectivity index (χ3v) is 3.58. The first-order valence-electron chi connectivity index (χ1n) is 7.07. The number of carbonyl (C=O) groups is 1. The van der Waals surface area contributed by atoms with Gasteiger partial charge in [-0.3, -0.25) is 9.78 Å². The molecule has 2 aromatic rings. The minimum Gasteiger partial charge on any atom is -0.395 e. The predicted molar refractivity (Wildman–Crippen MR) is 81.8 cm³/mol. The molecule has 4 nitrogen and oxygen atoms in total. The Bertz CT molecular complexity index is 572. The van der Waals surface area contributed by atoms with Crippen molar-refractivity contribution in [2.75, 3.05) is 13.2 Å². The zero-order valence-electron chi connectivity index (χ0n) is 12.1. The Morgan fingerprint density at radius 2 is 1.90 bits per heavy atom. The molecule has 0 aliphatic carbocycles. The molecule has 1 amide bonds. The first kappa shape index (κ1) is 15.2. The van der Waals surface area contributed by atoms with Gasteiger partial charge in [0.05, 0.1) is 6.61 Å². The van der Waals surface area contributed by atoms with Gasteiger partial charge in [-0.2, -0.15) is 0 Å². The van der Waals surface area contributed by atoms with Gasteiger partial charge in [-0.1, -0.05) is 36.4 Å². The van der Waals surface area contributed by atoms with Gasteiger partial charge in [-0.25, -0.2) is 0 Å². The maximum Gasteiger partial charge on any atom is 0.233 e. The van der Waals surface area contributed by atoms with Crippen molar-refractivity contribution in [1.82, 2.24) is 10.3 Å². The molecule has 0 fully saturated rings. The molecule has 4 heteroatoms. The van der Waals surface area contributed by atoms with Crippen molar-refractivity contribution in [2.24, 2.45) is 0 Å². The zero-order chi connectivity index (χ0) is 15.1. The fourth-order valence-electron chi connectivity index (χ4n) is 2.43. The van der Waals surface area contributed by atoms with E-state index in [9.17, 15) is 9.90 Å². The molecule has 0 aliphatic rings. The summed E-state index contributed by atoms with van der Waals surface area (Å²) in [5.41, 5.74) is 0.566. The Kier molecular flexibility index (Phi) is 5.06. The van der Waals surface area contributed by atoms with Crippen LogP contribution in [0.15, 0.2) is 54.7 Å². The van der Waals surface area contributed by atoms with Gasteiger partial charge in [0.15, 0.2) is 0 Å². The second-order valence-corrected chi connectivity index (χ2v) is 4.96. The molecule has 1 atom stereocenters. The van der Waals surface area contributed by atoms with E-state index in [4.69, 9.17) is 0 Å². The number of hydrogen-bond donors (Lipinski definition) is 2. The fraction of sp³-hybridized carbons (Fsp3) is 0.294. The highest BCUT2D eigenvalue weighted by atomic mass is 16.3. The number of carbonyl (C=O) groups excluding carboxylic acids is 1. The van der Waals surface area contributed by atoms with Crippen LogP contribution in [0.1, 0.15) is 18.2 Å². The van der Waals surface area contributed by atoms with Crippen LogP contribution in [0.3, 0.4) is 0 Å². The lowest BCUT2D eigenvalue weighted by Crippen LogP contribution is -2.49. The Hall–Kier alpha value is -2.20. The number of rotatable bonds is 6. The monoisotopic (exact) mass is 284 g/mol. The molecular weight excluding hydrogens is 264 g/mol. The summed E-state index contributed by atoms with van der Waals surface area (Å²) in [5, 5.41) is 12.8. The summed E-state index contributed by atoms with van der Waals surface area (Å²) in [5.74, 6) is -0.177. The van der Waals surface area contributed by atoms with Crippen LogP contribution >= 0.6 is 0 Å². The Morgan fingerprint density at radius 3 is 2.48 bits per heavy atom. The van der Waals surface area contributed by atoms with Crippen molar-refractivity contribution < 1.29 is 9.90 Å². The van der Waals surface area contributed by atoms with E-state index in [0.717, 1.165) is 11.3 Å². The lowest BCUT2D eigenvalue weighted by atomic mass is 9.76. The number of nitrogens with one attached hydrogen (secondary N) is 1. The first-order chi connectivity index (χ1) is 10.2. The molecular formula is C17H20N2O2. The topological polar surface area (TPSA) is 62.2 Å². The second kappa shape index (κ2) is 6.99. The standard InChI is InChI=1S/C17H20N2O2/c1-2-18-16(21)17(13-20,14-8-4-3-5-9-14)12-15-10-6-7-11-19-15/h3-11,20H,2,12-13H2,1H3,(H,18,21). The SMILES string of the molecule is CCNC(=O)C(CO)(Cc1ccccn1)c1ccccc1. The number of benzene rings is 1. The van der Waals surface area contributed by atoms with Crippen molar-refractivity contribution >= 4 is 5.91 Å². The molecule has 1 heterocycles. The molecule has 0 saturated carbocycles. The molecule has 0 saturated heterocycles. The molecule has 0 bridgehead atoms. The predicted octanol–water partition coefficient (Wildman–Crippen LogP) is 1.69. The molecule has 1 unspecified atom stereocenters. The minimum absolute atomic E-state index is 0.177. The van der Waals surface area contributed by atoms with E-state index < -0.39 is 5.41 Å². The van der Waals surface area contributed by atoms with Crippen molar-refractivity contribution in [3.05, 3.63) is 66.0 Å². The van der Waals surface area contributed by atoms with Crippen LogP contribution in [0.25, 0.3) is 0 Å². The maximum absolute atomic E-state index is 12.6. The van der Waals surface area contributed by atoms with Crippen LogP contribution in [-0.2, 0) is 16.6 Å². The third kappa shape index (κ3) is 3.28. The highest BCUT2D eigenvalue weighted by Gasteiger charge is 2.40. The highest BCUT2D eigenvalue weighted by molar-refractivity contribution is 5.88. The molecule has 1 aromatic carbocycles. The van der Waals surface area contributed by atoms with E-state index in [-0.39, 0.29) is 12.5 Å². The van der Waals surface area contributed by atoms with Gasteiger partial charge < -0.3 is 10.4 Å². The number of aliphatic hydroxyl groups excluding tert-OH is 1. The van der Waals surface area contributed by atoms with Crippen LogP contribution in [0.2, 0.25) is 0 Å². The summed E-state index contributed by atoms with van der Waals surface area (Å²) in [6.45, 7) is 2.13. The summed E-state index contributed by atoms with van der Waals surface area (Å²) in [4.78, 5) is 16.9. The molecule has 0 radical (unpaired) electrons. The quantitative estimate of drug-likeness (QED) is 0.848. The van der Waals surface area contributed by atoms with Gasteiger partial charge in [-0.05, 0) is 24.6 Å². The summed E-state index contributed by atoms with van der Waals surface area (Å²) >= 11 is 0. The van der Waals surface area contributed by atoms with Crippen LogP contribution in [-0.4, -0.2) is 29.1 Å². The minimum atomic E-state index is -1.01. The Labute approximate surface area is 124 Å². The number of aromatic nitrogens is 1. The van der Waals surface area contributed by atoms with E-state index in [1.807, 2.05) is 55.5 Å². The number of hydrogen-bond acceptors (Lipinski definition) is 3. The lowest BCUT2D eigenvalue weighted by molar-refractivity contribution is -0.128. The average molecular weight is 284 g/mol. The highest BCUT2D eigenvalue weighted by Crippen LogP contribution is 2.28. The summed E-state index contributed by atoms with van der Waals surface area (Å²) < 4.78 is 0. The fourth-order valence-corrected chi connectivity index (χ4v) is 2.43. The van der Waals surface area contributed by atoms with E-state index in [1.165, 1.54) is 0 Å². The van der Waals surface area contributed by atoms with Crippen molar-refractivity contribution in [1.29, 1.82) is 0 Å². The Morgan fingerprint density at radius 1 is 1.19 bits per heavy atom. The van der Waals surface area contributed by atoms with Crippen LogP contribution < -0.4 is 5.32 Å². The molecule has 110 valence electrons. The Balaban J connectivity index is 2.44. The lowest BCUT2D eigenvalue weighted by Gasteiger charge is -2.30. The zero-order valence-corrected chi connectivity index (χ0v) is 12.1. The molecule has 2 N–H and O–H groups in total.